The minimum atomic E-state index is -0.0407. The molecule has 0 spiro atoms. The number of rotatable bonds is 8. The fraction of sp³-hybridized carbons (Fsp3) is 0.304. The van der Waals surface area contributed by atoms with E-state index in [9.17, 15) is 4.79 Å². The van der Waals surface area contributed by atoms with Gasteiger partial charge in [0.25, 0.3) is 5.91 Å². The van der Waals surface area contributed by atoms with Gasteiger partial charge in [-0.15, -0.1) is 6.58 Å². The fourth-order valence-corrected chi connectivity index (χ4v) is 3.34. The van der Waals surface area contributed by atoms with Crippen LogP contribution < -0.4 is 0 Å². The number of aromatic nitrogens is 2. The maximum atomic E-state index is 13.2. The number of carbonyl (C=O) groups is 1. The third-order valence-electron chi connectivity index (χ3n) is 4.93. The Labute approximate surface area is 166 Å². The molecule has 0 fully saturated rings. The molecule has 0 N–H and O–H groups in total. The summed E-state index contributed by atoms with van der Waals surface area (Å²) in [6.07, 6.45) is 4.66. The lowest BCUT2D eigenvalue weighted by Crippen LogP contribution is -2.31. The summed E-state index contributed by atoms with van der Waals surface area (Å²) in [6, 6.07) is 14.2. The Morgan fingerprint density at radius 3 is 2.64 bits per heavy atom. The molecule has 0 radical (unpaired) electrons. The van der Waals surface area contributed by atoms with Gasteiger partial charge in [0.15, 0.2) is 5.69 Å². The van der Waals surface area contributed by atoms with Crippen molar-refractivity contribution in [3.05, 3.63) is 83.8 Å². The quantitative estimate of drug-likeness (QED) is 0.564. The van der Waals surface area contributed by atoms with Crippen molar-refractivity contribution in [1.82, 2.24) is 19.2 Å². The van der Waals surface area contributed by atoms with Crippen LogP contribution in [0.4, 0.5) is 0 Å². The summed E-state index contributed by atoms with van der Waals surface area (Å²) in [5, 5.41) is 0. The van der Waals surface area contributed by atoms with E-state index in [4.69, 9.17) is 4.98 Å². The third kappa shape index (κ3) is 4.31. The minimum Gasteiger partial charge on any atom is -0.340 e. The molecule has 0 unspecified atom stereocenters. The fourth-order valence-electron chi connectivity index (χ4n) is 3.34. The molecule has 28 heavy (non-hydrogen) atoms. The van der Waals surface area contributed by atoms with E-state index in [0.29, 0.717) is 18.8 Å². The van der Waals surface area contributed by atoms with Crippen LogP contribution in [0.2, 0.25) is 0 Å². The molecule has 5 heteroatoms. The maximum Gasteiger partial charge on any atom is 0.274 e. The van der Waals surface area contributed by atoms with Gasteiger partial charge in [0.2, 0.25) is 0 Å². The monoisotopic (exact) mass is 376 g/mol. The highest BCUT2D eigenvalue weighted by Gasteiger charge is 2.23. The number of hydrogen-bond acceptors (Lipinski definition) is 3. The van der Waals surface area contributed by atoms with Gasteiger partial charge < -0.3 is 9.30 Å². The zero-order valence-electron chi connectivity index (χ0n) is 16.9. The molecule has 2 aromatic heterocycles. The van der Waals surface area contributed by atoms with Crippen LogP contribution in [0.1, 0.15) is 27.3 Å². The minimum absolute atomic E-state index is 0.0407. The van der Waals surface area contributed by atoms with Crippen LogP contribution in [-0.4, -0.2) is 52.3 Å². The number of nitrogens with zero attached hydrogens (tertiary/aromatic N) is 4. The summed E-state index contributed by atoms with van der Waals surface area (Å²) in [7, 11) is 3.86. The molecule has 1 amide bonds. The molecule has 2 heterocycles. The molecule has 0 saturated carbocycles. The van der Waals surface area contributed by atoms with Crippen molar-refractivity contribution >= 4 is 11.6 Å². The van der Waals surface area contributed by atoms with E-state index in [1.807, 2.05) is 68.0 Å². The smallest absolute Gasteiger partial charge is 0.274 e. The lowest BCUT2D eigenvalue weighted by molar-refractivity contribution is 0.0789. The van der Waals surface area contributed by atoms with E-state index in [1.165, 1.54) is 5.56 Å². The predicted octanol–water partition coefficient (Wildman–Crippen LogP) is 3.58. The topological polar surface area (TPSA) is 40.9 Å². The van der Waals surface area contributed by atoms with Gasteiger partial charge in [-0.2, -0.15) is 0 Å². The second-order valence-electron chi connectivity index (χ2n) is 7.24. The summed E-state index contributed by atoms with van der Waals surface area (Å²) >= 11 is 0. The van der Waals surface area contributed by atoms with Crippen molar-refractivity contribution in [2.24, 2.45) is 0 Å². The normalized spacial score (nSPS) is 11.1. The highest BCUT2D eigenvalue weighted by Crippen LogP contribution is 2.19. The summed E-state index contributed by atoms with van der Waals surface area (Å²) in [5.41, 5.74) is 4.56. The molecular weight excluding hydrogens is 348 g/mol. The van der Waals surface area contributed by atoms with Gasteiger partial charge in [-0.25, -0.2) is 4.98 Å². The molecular formula is C23H28N4O. The predicted molar refractivity (Wildman–Crippen MR) is 114 cm³/mol. The first-order valence-electron chi connectivity index (χ1n) is 9.56. The number of carbonyl (C=O) groups excluding carboxylic acids is 1. The summed E-state index contributed by atoms with van der Waals surface area (Å²) in [4.78, 5) is 21.8. The average molecular weight is 377 g/mol. The van der Waals surface area contributed by atoms with Crippen LogP contribution in [0.25, 0.3) is 5.65 Å². The first-order chi connectivity index (χ1) is 13.5. The van der Waals surface area contributed by atoms with Crippen molar-refractivity contribution in [3.8, 4) is 0 Å². The highest BCUT2D eigenvalue weighted by molar-refractivity contribution is 5.94. The van der Waals surface area contributed by atoms with E-state index >= 15 is 0 Å². The molecule has 0 bridgehead atoms. The Kier molecular flexibility index (Phi) is 6.26. The SMILES string of the molecule is C=CCN(C)Cc1c(C(=O)N(C)CCc2ccccc2)nc2c(C)cccn12. The molecule has 3 rings (SSSR count). The van der Waals surface area contributed by atoms with Crippen LogP contribution in [0.3, 0.4) is 0 Å². The Morgan fingerprint density at radius 2 is 1.93 bits per heavy atom. The summed E-state index contributed by atoms with van der Waals surface area (Å²) in [6.45, 7) is 7.85. The van der Waals surface area contributed by atoms with Gasteiger partial charge in [0, 0.05) is 32.9 Å². The Morgan fingerprint density at radius 1 is 1.18 bits per heavy atom. The van der Waals surface area contributed by atoms with E-state index < -0.39 is 0 Å². The number of aryl methyl sites for hydroxylation is 1. The number of imidazole rings is 1. The molecule has 0 aliphatic heterocycles. The number of benzene rings is 1. The van der Waals surface area contributed by atoms with Gasteiger partial charge in [-0.3, -0.25) is 9.69 Å². The maximum absolute atomic E-state index is 13.2. The van der Waals surface area contributed by atoms with Crippen LogP contribution in [0.15, 0.2) is 61.3 Å². The molecule has 3 aromatic rings. The van der Waals surface area contributed by atoms with Gasteiger partial charge in [0.1, 0.15) is 5.65 Å². The first-order valence-corrected chi connectivity index (χ1v) is 9.56. The highest BCUT2D eigenvalue weighted by atomic mass is 16.2. The molecule has 0 saturated heterocycles. The van der Waals surface area contributed by atoms with Crippen molar-refractivity contribution in [1.29, 1.82) is 0 Å². The van der Waals surface area contributed by atoms with Crippen LogP contribution in [0, 0.1) is 6.92 Å². The zero-order valence-corrected chi connectivity index (χ0v) is 16.9. The van der Waals surface area contributed by atoms with Gasteiger partial charge in [-0.1, -0.05) is 42.5 Å². The summed E-state index contributed by atoms with van der Waals surface area (Å²) < 4.78 is 2.03. The Hall–Kier alpha value is -2.92. The zero-order chi connectivity index (χ0) is 20.1. The molecule has 0 aliphatic carbocycles. The third-order valence-corrected chi connectivity index (χ3v) is 4.93. The second-order valence-corrected chi connectivity index (χ2v) is 7.24. The van der Waals surface area contributed by atoms with Crippen LogP contribution in [-0.2, 0) is 13.0 Å². The lowest BCUT2D eigenvalue weighted by Gasteiger charge is -2.19. The van der Waals surface area contributed by atoms with Crippen molar-refractivity contribution in [2.75, 3.05) is 27.2 Å². The largest absolute Gasteiger partial charge is 0.340 e. The molecule has 5 nitrogen and oxygen atoms in total. The van der Waals surface area contributed by atoms with E-state index in [-0.39, 0.29) is 5.91 Å². The van der Waals surface area contributed by atoms with E-state index in [0.717, 1.165) is 29.9 Å². The average Bonchev–Trinajstić information content (AvgIpc) is 3.06. The standard InChI is InChI=1S/C23H28N4O/c1-5-14-25(3)17-20-21(24-22-18(2)10-9-15-27(20)22)23(28)26(4)16-13-19-11-7-6-8-12-19/h5-12,15H,1,13-14,16-17H2,2-4H3. The summed E-state index contributed by atoms with van der Waals surface area (Å²) in [5.74, 6) is -0.0407. The molecule has 1 aromatic carbocycles. The van der Waals surface area contributed by atoms with Gasteiger partial charge in [0.05, 0.1) is 5.69 Å². The van der Waals surface area contributed by atoms with Crippen molar-refractivity contribution in [2.45, 2.75) is 19.9 Å². The molecule has 0 aliphatic rings. The first kappa shape index (κ1) is 19.8. The van der Waals surface area contributed by atoms with E-state index in [1.54, 1.807) is 4.90 Å². The number of likely N-dealkylation sites (N-methyl/N-ethyl adjacent to an activating group) is 2. The molecule has 0 atom stereocenters. The Bertz CT molecular complexity index is 961. The lowest BCUT2D eigenvalue weighted by atomic mass is 10.1. The van der Waals surface area contributed by atoms with E-state index in [2.05, 4.69) is 23.6 Å². The van der Waals surface area contributed by atoms with Gasteiger partial charge in [-0.05, 0) is 37.6 Å². The molecule has 146 valence electrons. The number of amides is 1. The Balaban J connectivity index is 1.88. The van der Waals surface area contributed by atoms with Crippen LogP contribution >= 0.6 is 0 Å². The van der Waals surface area contributed by atoms with Gasteiger partial charge >= 0.3 is 0 Å². The number of fused-ring (bicyclic) bond motifs is 1. The second kappa shape index (κ2) is 8.85. The number of hydrogen-bond donors (Lipinski definition) is 0. The van der Waals surface area contributed by atoms with Crippen molar-refractivity contribution in [3.63, 3.8) is 0 Å². The number of pyridine rings is 1. The van der Waals surface area contributed by atoms with Crippen molar-refractivity contribution < 1.29 is 4.79 Å². The van der Waals surface area contributed by atoms with Crippen LogP contribution in [0.5, 0.6) is 0 Å².